The quantitative estimate of drug-likeness (QED) is 0.580. The monoisotopic (exact) mass is 225 g/mol. The number of benzene rings is 1. The summed E-state index contributed by atoms with van der Waals surface area (Å²) in [6.07, 6.45) is 0.856. The van der Waals surface area contributed by atoms with Crippen LogP contribution >= 0.6 is 0 Å². The van der Waals surface area contributed by atoms with Gasteiger partial charge in [-0.1, -0.05) is 12.1 Å². The van der Waals surface area contributed by atoms with Gasteiger partial charge < -0.3 is 9.47 Å². The minimum absolute atomic E-state index is 0.147. The van der Waals surface area contributed by atoms with Crippen molar-refractivity contribution in [3.05, 3.63) is 29.8 Å². The minimum atomic E-state index is -0.147. The molecule has 0 aliphatic carbocycles. The maximum Gasteiger partial charge on any atom is 0.183 e. The molecule has 0 bridgehead atoms. The van der Waals surface area contributed by atoms with Crippen molar-refractivity contribution in [2.75, 3.05) is 19.0 Å². The zero-order valence-electron chi connectivity index (χ0n) is 8.98. The van der Waals surface area contributed by atoms with Gasteiger partial charge in [0.25, 0.3) is 0 Å². The Kier molecular flexibility index (Phi) is 4.06. The largest absolute Gasteiger partial charge is 0.348 e. The average molecular weight is 225 g/mol. The molecule has 0 N–H and O–H groups in total. The molecule has 2 rings (SSSR count). The lowest BCUT2D eigenvalue weighted by Crippen LogP contribution is -2.17. The summed E-state index contributed by atoms with van der Waals surface area (Å²) in [7, 11) is 0. The predicted octanol–water partition coefficient (Wildman–Crippen LogP) is 2.32. The van der Waals surface area contributed by atoms with Crippen LogP contribution in [0.5, 0.6) is 0 Å². The molecule has 0 amide bonds. The summed E-state index contributed by atoms with van der Waals surface area (Å²) < 4.78 is 11.1. The summed E-state index contributed by atoms with van der Waals surface area (Å²) >= 11 is 1.36. The molecular formula is C12H17O2S+. The number of hydrogen-bond donors (Lipinski definition) is 0. The van der Waals surface area contributed by atoms with Gasteiger partial charge in [-0.3, -0.25) is 0 Å². The van der Waals surface area contributed by atoms with E-state index in [1.165, 1.54) is 16.7 Å². The Hall–Kier alpha value is -0.510. The minimum Gasteiger partial charge on any atom is -0.348 e. The Labute approximate surface area is 95.0 Å². The fourth-order valence-corrected chi connectivity index (χ4v) is 2.43. The van der Waals surface area contributed by atoms with Gasteiger partial charge in [-0.25, -0.2) is 0 Å². The predicted molar refractivity (Wildman–Crippen MR) is 63.3 cm³/mol. The van der Waals surface area contributed by atoms with E-state index in [9.17, 15) is 0 Å². The van der Waals surface area contributed by atoms with E-state index in [0.29, 0.717) is 0 Å². The van der Waals surface area contributed by atoms with Gasteiger partial charge in [-0.05, 0) is 19.4 Å². The summed E-state index contributed by atoms with van der Waals surface area (Å²) in [6.45, 7) is 3.79. The molecule has 3 heteroatoms. The Morgan fingerprint density at radius 3 is 2.87 bits per heavy atom. The summed E-state index contributed by atoms with van der Waals surface area (Å²) in [4.78, 5) is 1.34. The average Bonchev–Trinajstić information content (AvgIpc) is 2.31. The van der Waals surface area contributed by atoms with E-state index < -0.39 is 0 Å². The third kappa shape index (κ3) is 2.97. The van der Waals surface area contributed by atoms with Crippen LogP contribution in [0.15, 0.2) is 29.2 Å². The molecular weight excluding hydrogens is 208 g/mol. The summed E-state index contributed by atoms with van der Waals surface area (Å²) in [5, 5.41) is 0. The van der Waals surface area contributed by atoms with Gasteiger partial charge in [0, 0.05) is 23.4 Å². The van der Waals surface area contributed by atoms with Crippen molar-refractivity contribution in [3.8, 4) is 0 Å². The van der Waals surface area contributed by atoms with Crippen molar-refractivity contribution in [1.82, 2.24) is 0 Å². The second kappa shape index (κ2) is 5.54. The molecule has 0 saturated carbocycles. The Balaban J connectivity index is 2.09. The first-order valence-electron chi connectivity index (χ1n) is 5.41. The molecule has 1 aromatic rings. The number of ether oxygens (including phenoxy) is 2. The molecule has 82 valence electrons. The first-order valence-corrected chi connectivity index (χ1v) is 6.49. The molecule has 1 aliphatic heterocycles. The topological polar surface area (TPSA) is 18.5 Å². The van der Waals surface area contributed by atoms with E-state index in [1.807, 2.05) is 0 Å². The molecule has 1 heterocycles. The van der Waals surface area contributed by atoms with Gasteiger partial charge in [0.05, 0.1) is 13.2 Å². The molecule has 1 fully saturated rings. The van der Waals surface area contributed by atoms with E-state index in [4.69, 9.17) is 9.47 Å². The van der Waals surface area contributed by atoms with Crippen LogP contribution in [0, 0.1) is 0 Å². The van der Waals surface area contributed by atoms with Crippen molar-refractivity contribution in [2.24, 2.45) is 0 Å². The molecule has 0 aromatic heterocycles. The highest BCUT2D eigenvalue weighted by Gasteiger charge is 2.17. The lowest BCUT2D eigenvalue weighted by atomic mass is 10.2. The van der Waals surface area contributed by atoms with Gasteiger partial charge >= 0.3 is 0 Å². The van der Waals surface area contributed by atoms with Crippen molar-refractivity contribution >= 4 is 11.8 Å². The van der Waals surface area contributed by atoms with E-state index >= 15 is 0 Å². The third-order valence-corrected chi connectivity index (χ3v) is 3.27. The Morgan fingerprint density at radius 2 is 2.13 bits per heavy atom. The van der Waals surface area contributed by atoms with E-state index in [-0.39, 0.29) is 6.29 Å². The molecule has 2 nitrogen and oxygen atoms in total. The lowest BCUT2D eigenvalue weighted by molar-refractivity contribution is -0.183. The maximum absolute atomic E-state index is 5.57. The molecule has 0 spiro atoms. The van der Waals surface area contributed by atoms with Crippen LogP contribution in [0.2, 0.25) is 0 Å². The van der Waals surface area contributed by atoms with E-state index in [2.05, 4.69) is 31.2 Å². The standard InChI is InChI=1S/C12H16O2S/c1-2-15-11-6-3-5-10(9-11)12-13-7-4-8-14-12/h3,5-6,9,12H,2,4,7-8H2,1H3/p+1. The van der Waals surface area contributed by atoms with Crippen LogP contribution in [0.1, 0.15) is 25.2 Å². The van der Waals surface area contributed by atoms with Gasteiger partial charge in [-0.15, -0.1) is 0 Å². The maximum atomic E-state index is 5.57. The van der Waals surface area contributed by atoms with Crippen molar-refractivity contribution in [3.63, 3.8) is 0 Å². The molecule has 0 unspecified atom stereocenters. The lowest BCUT2D eigenvalue weighted by Gasteiger charge is -2.23. The number of hydrogen-bond acceptors (Lipinski definition) is 2. The summed E-state index contributed by atoms with van der Waals surface area (Å²) in [6, 6.07) is 8.48. The smallest absolute Gasteiger partial charge is 0.183 e. The zero-order valence-corrected chi connectivity index (χ0v) is 9.87. The van der Waals surface area contributed by atoms with Crippen LogP contribution in [0.25, 0.3) is 0 Å². The van der Waals surface area contributed by atoms with Gasteiger partial charge in [0.15, 0.2) is 11.2 Å². The van der Waals surface area contributed by atoms with Crippen molar-refractivity contribution < 1.29 is 9.47 Å². The highest BCUT2D eigenvalue weighted by Crippen LogP contribution is 2.23. The number of thiol groups is 1. The van der Waals surface area contributed by atoms with Crippen LogP contribution in [0.4, 0.5) is 0 Å². The summed E-state index contributed by atoms with van der Waals surface area (Å²) in [5.74, 6) is 1.15. The summed E-state index contributed by atoms with van der Waals surface area (Å²) in [5.41, 5.74) is 1.15. The first kappa shape index (κ1) is 11.0. The van der Waals surface area contributed by atoms with E-state index in [1.54, 1.807) is 0 Å². The molecule has 1 aliphatic rings. The Morgan fingerprint density at radius 1 is 1.33 bits per heavy atom. The molecule has 15 heavy (non-hydrogen) atoms. The number of rotatable bonds is 3. The van der Waals surface area contributed by atoms with E-state index in [0.717, 1.165) is 31.0 Å². The first-order chi connectivity index (χ1) is 7.40. The SMILES string of the molecule is CC[SH+]c1cccc(C2OCCCO2)c1. The fourth-order valence-electron chi connectivity index (χ4n) is 1.63. The van der Waals surface area contributed by atoms with Crippen molar-refractivity contribution in [2.45, 2.75) is 24.5 Å². The molecule has 0 radical (unpaired) electrons. The molecule has 1 aromatic carbocycles. The Bertz CT molecular complexity index is 308. The normalized spacial score (nSPS) is 17.9. The second-order valence-corrected chi connectivity index (χ2v) is 4.96. The fraction of sp³-hybridized carbons (Fsp3) is 0.500. The highest BCUT2D eigenvalue weighted by atomic mass is 32.2. The van der Waals surface area contributed by atoms with Gasteiger partial charge in [-0.2, -0.15) is 0 Å². The van der Waals surface area contributed by atoms with Crippen LogP contribution in [0.3, 0.4) is 0 Å². The van der Waals surface area contributed by atoms with Gasteiger partial charge in [0.2, 0.25) is 0 Å². The van der Waals surface area contributed by atoms with Crippen LogP contribution < -0.4 is 0 Å². The zero-order chi connectivity index (χ0) is 10.5. The molecule has 0 atom stereocenters. The van der Waals surface area contributed by atoms with Gasteiger partial charge in [0.1, 0.15) is 5.75 Å². The van der Waals surface area contributed by atoms with Crippen LogP contribution in [-0.2, 0) is 21.2 Å². The molecule has 1 saturated heterocycles. The van der Waals surface area contributed by atoms with Crippen molar-refractivity contribution in [1.29, 1.82) is 0 Å². The third-order valence-electron chi connectivity index (χ3n) is 2.31. The highest BCUT2D eigenvalue weighted by molar-refractivity contribution is 7.78. The second-order valence-electron chi connectivity index (χ2n) is 3.50. The van der Waals surface area contributed by atoms with Crippen LogP contribution in [-0.4, -0.2) is 19.0 Å².